The van der Waals surface area contributed by atoms with E-state index in [1.807, 2.05) is 18.2 Å². The highest BCUT2D eigenvalue weighted by Gasteiger charge is 2.45. The highest BCUT2D eigenvalue weighted by molar-refractivity contribution is 5.98. The SMILES string of the molecule is CCOC(=O)C(C)(C(=O)[O-])C1CCc2cc(OC)ccc2C1. The molecule has 0 amide bonds. The van der Waals surface area contributed by atoms with Crippen LogP contribution in [0.2, 0.25) is 0 Å². The van der Waals surface area contributed by atoms with Gasteiger partial charge in [-0.05, 0) is 62.3 Å². The number of fused-ring (bicyclic) bond motifs is 1. The molecular weight excluding hydrogens is 284 g/mol. The minimum atomic E-state index is -1.62. The van der Waals surface area contributed by atoms with Gasteiger partial charge < -0.3 is 19.4 Å². The molecule has 5 heteroatoms. The number of hydrogen-bond donors (Lipinski definition) is 0. The lowest BCUT2D eigenvalue weighted by atomic mass is 9.68. The number of esters is 1. The highest BCUT2D eigenvalue weighted by Crippen LogP contribution is 2.39. The average Bonchev–Trinajstić information content (AvgIpc) is 2.52. The summed E-state index contributed by atoms with van der Waals surface area (Å²) in [5.74, 6) is -1.63. The lowest BCUT2D eigenvalue weighted by molar-refractivity contribution is -0.320. The minimum absolute atomic E-state index is 0.155. The van der Waals surface area contributed by atoms with Crippen LogP contribution in [0.1, 0.15) is 31.4 Å². The van der Waals surface area contributed by atoms with E-state index in [4.69, 9.17) is 9.47 Å². The third-order valence-corrected chi connectivity index (χ3v) is 4.58. The molecule has 1 aliphatic carbocycles. The molecular formula is C17H21O5-. The van der Waals surface area contributed by atoms with Crippen molar-refractivity contribution in [1.29, 1.82) is 0 Å². The van der Waals surface area contributed by atoms with Gasteiger partial charge in [0.15, 0.2) is 0 Å². The van der Waals surface area contributed by atoms with Crippen molar-refractivity contribution in [2.24, 2.45) is 11.3 Å². The van der Waals surface area contributed by atoms with Crippen molar-refractivity contribution in [2.75, 3.05) is 13.7 Å². The summed E-state index contributed by atoms with van der Waals surface area (Å²) in [5.41, 5.74) is 0.571. The fraction of sp³-hybridized carbons (Fsp3) is 0.529. The smallest absolute Gasteiger partial charge is 0.317 e. The summed E-state index contributed by atoms with van der Waals surface area (Å²) in [5, 5.41) is 11.6. The van der Waals surface area contributed by atoms with Crippen LogP contribution >= 0.6 is 0 Å². The molecule has 1 aliphatic rings. The number of benzene rings is 1. The number of carbonyl (C=O) groups excluding carboxylic acids is 2. The van der Waals surface area contributed by atoms with Gasteiger partial charge in [-0.25, -0.2) is 0 Å². The number of methoxy groups -OCH3 is 1. The summed E-state index contributed by atoms with van der Waals surface area (Å²) in [7, 11) is 1.61. The molecule has 1 aromatic rings. The van der Waals surface area contributed by atoms with E-state index in [9.17, 15) is 14.7 Å². The van der Waals surface area contributed by atoms with Crippen LogP contribution in [0.15, 0.2) is 18.2 Å². The second kappa shape index (κ2) is 6.38. The van der Waals surface area contributed by atoms with Crippen LogP contribution < -0.4 is 9.84 Å². The zero-order valence-electron chi connectivity index (χ0n) is 13.2. The quantitative estimate of drug-likeness (QED) is 0.602. The Morgan fingerprint density at radius 1 is 1.36 bits per heavy atom. The topological polar surface area (TPSA) is 75.7 Å². The van der Waals surface area contributed by atoms with Gasteiger partial charge in [-0.15, -0.1) is 0 Å². The number of aryl methyl sites for hydroxylation is 1. The molecule has 2 atom stereocenters. The van der Waals surface area contributed by atoms with Gasteiger partial charge >= 0.3 is 5.97 Å². The molecule has 0 aliphatic heterocycles. The van der Waals surface area contributed by atoms with Gasteiger partial charge in [0, 0.05) is 0 Å². The van der Waals surface area contributed by atoms with Crippen LogP contribution in [0.3, 0.4) is 0 Å². The summed E-state index contributed by atoms with van der Waals surface area (Å²) < 4.78 is 10.2. The van der Waals surface area contributed by atoms with E-state index in [-0.39, 0.29) is 12.5 Å². The van der Waals surface area contributed by atoms with E-state index < -0.39 is 17.4 Å². The highest BCUT2D eigenvalue weighted by atomic mass is 16.5. The largest absolute Gasteiger partial charge is 0.549 e. The normalized spacial score (nSPS) is 19.7. The average molecular weight is 305 g/mol. The summed E-state index contributed by atoms with van der Waals surface area (Å²) in [6, 6.07) is 5.75. The second-order valence-corrected chi connectivity index (χ2v) is 5.78. The van der Waals surface area contributed by atoms with Crippen LogP contribution in [0.25, 0.3) is 0 Å². The van der Waals surface area contributed by atoms with E-state index in [2.05, 4.69) is 0 Å². The predicted molar refractivity (Wildman–Crippen MR) is 78.3 cm³/mol. The molecule has 2 rings (SSSR count). The Kier molecular flexibility index (Phi) is 4.74. The number of ether oxygens (including phenoxy) is 2. The number of carbonyl (C=O) groups is 2. The second-order valence-electron chi connectivity index (χ2n) is 5.78. The van der Waals surface area contributed by atoms with Gasteiger partial charge in [0.1, 0.15) is 11.2 Å². The van der Waals surface area contributed by atoms with Crippen LogP contribution in [0.4, 0.5) is 0 Å². The maximum atomic E-state index is 12.2. The standard InChI is InChI=1S/C17H22O5/c1-4-22-16(20)17(2,15(18)19)13-7-5-12-10-14(21-3)8-6-11(12)9-13/h6,8,10,13H,4-5,7,9H2,1-3H3,(H,18,19)/p-1. The molecule has 120 valence electrons. The Balaban J connectivity index is 2.28. The molecule has 0 saturated heterocycles. The first-order chi connectivity index (χ1) is 10.4. The van der Waals surface area contributed by atoms with E-state index in [1.165, 1.54) is 6.92 Å². The molecule has 0 bridgehead atoms. The van der Waals surface area contributed by atoms with Crippen molar-refractivity contribution in [2.45, 2.75) is 33.1 Å². The minimum Gasteiger partial charge on any atom is -0.549 e. The molecule has 0 fully saturated rings. The Morgan fingerprint density at radius 3 is 2.68 bits per heavy atom. The first kappa shape index (κ1) is 16.3. The van der Waals surface area contributed by atoms with Gasteiger partial charge in [-0.3, -0.25) is 4.79 Å². The molecule has 1 aromatic carbocycles. The molecule has 22 heavy (non-hydrogen) atoms. The lowest BCUT2D eigenvalue weighted by Crippen LogP contribution is -2.52. The Bertz CT molecular complexity index is 580. The predicted octanol–water partition coefficient (Wildman–Crippen LogP) is 1.12. The van der Waals surface area contributed by atoms with Gasteiger partial charge in [0.05, 0.1) is 19.7 Å². The monoisotopic (exact) mass is 305 g/mol. The van der Waals surface area contributed by atoms with E-state index in [0.29, 0.717) is 19.3 Å². The number of carboxylic acids is 1. The summed E-state index contributed by atoms with van der Waals surface area (Å²) in [6.07, 6.45) is 1.82. The van der Waals surface area contributed by atoms with Crippen molar-refractivity contribution >= 4 is 11.9 Å². The zero-order valence-corrected chi connectivity index (χ0v) is 13.2. The molecule has 0 radical (unpaired) electrons. The molecule has 0 aromatic heterocycles. The van der Waals surface area contributed by atoms with Crippen LogP contribution in [-0.4, -0.2) is 25.7 Å². The number of rotatable bonds is 5. The molecule has 2 unspecified atom stereocenters. The van der Waals surface area contributed by atoms with Gasteiger partial charge in [-0.1, -0.05) is 6.07 Å². The zero-order chi connectivity index (χ0) is 16.3. The first-order valence-electron chi connectivity index (χ1n) is 7.47. The Morgan fingerprint density at radius 2 is 2.09 bits per heavy atom. The van der Waals surface area contributed by atoms with Crippen molar-refractivity contribution in [3.05, 3.63) is 29.3 Å². The summed E-state index contributed by atoms with van der Waals surface area (Å²) in [6.45, 7) is 3.23. The van der Waals surface area contributed by atoms with Crippen molar-refractivity contribution in [1.82, 2.24) is 0 Å². The van der Waals surface area contributed by atoms with E-state index in [0.717, 1.165) is 16.9 Å². The van der Waals surface area contributed by atoms with Crippen LogP contribution in [0, 0.1) is 11.3 Å². The van der Waals surface area contributed by atoms with Crippen LogP contribution in [-0.2, 0) is 27.2 Å². The summed E-state index contributed by atoms with van der Waals surface area (Å²) >= 11 is 0. The Labute approximate surface area is 130 Å². The number of hydrogen-bond acceptors (Lipinski definition) is 5. The third-order valence-electron chi connectivity index (χ3n) is 4.58. The molecule has 0 spiro atoms. The Hall–Kier alpha value is -2.04. The molecule has 0 heterocycles. The van der Waals surface area contributed by atoms with Crippen molar-refractivity contribution in [3.63, 3.8) is 0 Å². The molecule has 5 nitrogen and oxygen atoms in total. The number of carboxylic acid groups (broad SMARTS) is 1. The maximum absolute atomic E-state index is 12.2. The lowest BCUT2D eigenvalue weighted by Gasteiger charge is -2.39. The molecule has 0 N–H and O–H groups in total. The third kappa shape index (κ3) is 2.80. The number of aliphatic carboxylic acids is 1. The first-order valence-corrected chi connectivity index (χ1v) is 7.47. The van der Waals surface area contributed by atoms with Crippen molar-refractivity contribution < 1.29 is 24.2 Å². The van der Waals surface area contributed by atoms with Gasteiger partial charge in [0.2, 0.25) is 0 Å². The molecule has 0 saturated carbocycles. The van der Waals surface area contributed by atoms with E-state index >= 15 is 0 Å². The fourth-order valence-corrected chi connectivity index (χ4v) is 3.05. The summed E-state index contributed by atoms with van der Waals surface area (Å²) in [4.78, 5) is 23.8. The van der Waals surface area contributed by atoms with E-state index in [1.54, 1.807) is 14.0 Å². The van der Waals surface area contributed by atoms with Crippen molar-refractivity contribution in [3.8, 4) is 5.75 Å². The van der Waals surface area contributed by atoms with Crippen LogP contribution in [0.5, 0.6) is 5.75 Å². The van der Waals surface area contributed by atoms with Gasteiger partial charge in [0.25, 0.3) is 0 Å². The maximum Gasteiger partial charge on any atom is 0.317 e. The fourth-order valence-electron chi connectivity index (χ4n) is 3.05. The van der Waals surface area contributed by atoms with Gasteiger partial charge in [-0.2, -0.15) is 0 Å².